The molecule has 1 saturated heterocycles. The van der Waals surface area contributed by atoms with Crippen LogP contribution in [0.3, 0.4) is 0 Å². The van der Waals surface area contributed by atoms with Gasteiger partial charge in [-0.15, -0.1) is 0 Å². The van der Waals surface area contributed by atoms with Gasteiger partial charge in [0.05, 0.1) is 12.4 Å². The Morgan fingerprint density at radius 1 is 1.48 bits per heavy atom. The summed E-state index contributed by atoms with van der Waals surface area (Å²) in [5.74, 6) is -0.453. The lowest BCUT2D eigenvalue weighted by Crippen LogP contribution is -2.31. The molecule has 0 bridgehead atoms. The maximum absolute atomic E-state index is 12.3. The fourth-order valence-corrected chi connectivity index (χ4v) is 3.73. The first-order valence-corrected chi connectivity index (χ1v) is 8.35. The number of halogens is 1. The molecule has 0 saturated carbocycles. The van der Waals surface area contributed by atoms with Crippen LogP contribution in [0.25, 0.3) is 0 Å². The second-order valence-corrected chi connectivity index (χ2v) is 7.32. The summed E-state index contributed by atoms with van der Waals surface area (Å²) >= 11 is 5.98. The van der Waals surface area contributed by atoms with E-state index in [0.717, 1.165) is 5.56 Å². The Hall–Kier alpha value is -1.31. The molecule has 1 aliphatic rings. The van der Waals surface area contributed by atoms with Gasteiger partial charge in [0.25, 0.3) is 0 Å². The molecule has 2 rings (SSSR count). The van der Waals surface area contributed by atoms with Gasteiger partial charge in [-0.3, -0.25) is 9.52 Å². The van der Waals surface area contributed by atoms with E-state index < -0.39 is 27.3 Å². The zero-order valence-electron chi connectivity index (χ0n) is 11.7. The Kier molecular flexibility index (Phi) is 4.75. The Morgan fingerprint density at radius 2 is 2.19 bits per heavy atom. The number of nitrogens with one attached hydrogen (secondary N) is 2. The lowest BCUT2D eigenvalue weighted by atomic mass is 10.2. The van der Waals surface area contributed by atoms with E-state index in [2.05, 4.69) is 14.8 Å². The van der Waals surface area contributed by atoms with Crippen LogP contribution in [0.5, 0.6) is 0 Å². The molecule has 1 fully saturated rings. The molecule has 2 N–H and O–H groups in total. The lowest BCUT2D eigenvalue weighted by molar-refractivity contribution is -0.142. The highest BCUT2D eigenvalue weighted by molar-refractivity contribution is 7.93. The standard InChI is InChI=1S/C13H17ClN2O4S/c1-8-3-4-9(5-11(8)14)16-21(18,19)10-6-12(15-7-10)13(17)20-2/h3-5,10,12,15-16H,6-7H2,1-2H3. The number of rotatable bonds is 4. The molecule has 0 spiro atoms. The highest BCUT2D eigenvalue weighted by Gasteiger charge is 2.37. The number of aryl methyl sites for hydroxylation is 1. The van der Waals surface area contributed by atoms with E-state index in [4.69, 9.17) is 11.6 Å². The van der Waals surface area contributed by atoms with Crippen LogP contribution in [0.4, 0.5) is 5.69 Å². The second kappa shape index (κ2) is 6.21. The molecule has 2 atom stereocenters. The zero-order chi connectivity index (χ0) is 15.6. The first kappa shape index (κ1) is 16.1. The van der Waals surface area contributed by atoms with Crippen molar-refractivity contribution in [3.63, 3.8) is 0 Å². The van der Waals surface area contributed by atoms with E-state index in [0.29, 0.717) is 10.7 Å². The van der Waals surface area contributed by atoms with Crippen LogP contribution in [0.2, 0.25) is 5.02 Å². The van der Waals surface area contributed by atoms with Crippen molar-refractivity contribution in [3.05, 3.63) is 28.8 Å². The van der Waals surface area contributed by atoms with Crippen molar-refractivity contribution < 1.29 is 17.9 Å². The number of ether oxygens (including phenoxy) is 1. The first-order chi connectivity index (χ1) is 9.83. The summed E-state index contributed by atoms with van der Waals surface area (Å²) in [6.07, 6.45) is 0.182. The van der Waals surface area contributed by atoms with E-state index in [9.17, 15) is 13.2 Å². The van der Waals surface area contributed by atoms with Crippen molar-refractivity contribution in [1.29, 1.82) is 0 Å². The quantitative estimate of drug-likeness (QED) is 0.812. The van der Waals surface area contributed by atoms with E-state index in [1.165, 1.54) is 7.11 Å². The van der Waals surface area contributed by atoms with Crippen molar-refractivity contribution in [2.45, 2.75) is 24.6 Å². The Balaban J connectivity index is 2.09. The van der Waals surface area contributed by atoms with Gasteiger partial charge in [-0.2, -0.15) is 0 Å². The third kappa shape index (κ3) is 3.66. The van der Waals surface area contributed by atoms with Gasteiger partial charge in [0.2, 0.25) is 10.0 Å². The summed E-state index contributed by atoms with van der Waals surface area (Å²) < 4.78 is 31.7. The maximum atomic E-state index is 12.3. The van der Waals surface area contributed by atoms with Crippen LogP contribution >= 0.6 is 11.6 Å². The Labute approximate surface area is 128 Å². The number of sulfonamides is 1. The topological polar surface area (TPSA) is 84.5 Å². The largest absolute Gasteiger partial charge is 0.468 e. The summed E-state index contributed by atoms with van der Waals surface area (Å²) in [4.78, 5) is 11.4. The predicted octanol–water partition coefficient (Wildman–Crippen LogP) is 1.29. The maximum Gasteiger partial charge on any atom is 0.322 e. The number of benzene rings is 1. The van der Waals surface area contributed by atoms with Crippen LogP contribution in [-0.4, -0.2) is 39.3 Å². The van der Waals surface area contributed by atoms with Crippen molar-refractivity contribution in [3.8, 4) is 0 Å². The molecule has 0 amide bonds. The predicted molar refractivity (Wildman–Crippen MR) is 80.9 cm³/mol. The second-order valence-electron chi connectivity index (χ2n) is 4.95. The third-order valence-corrected chi connectivity index (χ3v) is 5.61. The van der Waals surface area contributed by atoms with E-state index in [1.54, 1.807) is 18.2 Å². The fourth-order valence-electron chi connectivity index (χ4n) is 2.17. The Bertz CT molecular complexity index is 648. The lowest BCUT2D eigenvalue weighted by Gasteiger charge is -2.13. The van der Waals surface area contributed by atoms with Crippen LogP contribution in [0.15, 0.2) is 18.2 Å². The molecule has 1 aromatic carbocycles. The molecule has 1 heterocycles. The van der Waals surface area contributed by atoms with Gasteiger partial charge in [0.15, 0.2) is 0 Å². The highest BCUT2D eigenvalue weighted by Crippen LogP contribution is 2.23. The number of hydrogen-bond acceptors (Lipinski definition) is 5. The minimum Gasteiger partial charge on any atom is -0.468 e. The number of methoxy groups -OCH3 is 1. The summed E-state index contributed by atoms with van der Waals surface area (Å²) in [5.41, 5.74) is 1.28. The molecule has 2 unspecified atom stereocenters. The number of carbonyl (C=O) groups is 1. The van der Waals surface area contributed by atoms with Gasteiger partial charge < -0.3 is 10.1 Å². The average molecular weight is 333 g/mol. The normalized spacial score (nSPS) is 22.0. The van der Waals surface area contributed by atoms with Crippen LogP contribution in [-0.2, 0) is 19.6 Å². The van der Waals surface area contributed by atoms with Gasteiger partial charge in [-0.05, 0) is 31.0 Å². The van der Waals surface area contributed by atoms with Gasteiger partial charge >= 0.3 is 5.97 Å². The minimum atomic E-state index is -3.60. The first-order valence-electron chi connectivity index (χ1n) is 6.42. The van der Waals surface area contributed by atoms with Crippen molar-refractivity contribution in [2.24, 2.45) is 0 Å². The molecule has 1 aliphatic heterocycles. The molecule has 8 heteroatoms. The van der Waals surface area contributed by atoms with Gasteiger partial charge in [-0.25, -0.2) is 8.42 Å². The summed E-state index contributed by atoms with van der Waals surface area (Å²) in [5, 5.41) is 2.65. The SMILES string of the molecule is COC(=O)C1CC(S(=O)(=O)Nc2ccc(C)c(Cl)c2)CN1. The smallest absolute Gasteiger partial charge is 0.322 e. The molecule has 6 nitrogen and oxygen atoms in total. The van der Waals surface area contributed by atoms with E-state index in [-0.39, 0.29) is 13.0 Å². The molecule has 0 radical (unpaired) electrons. The average Bonchev–Trinajstić information content (AvgIpc) is 2.92. The minimum absolute atomic E-state index is 0.182. The van der Waals surface area contributed by atoms with Crippen LogP contribution in [0, 0.1) is 6.92 Å². The van der Waals surface area contributed by atoms with Gasteiger partial charge in [-0.1, -0.05) is 17.7 Å². The molecule has 0 aromatic heterocycles. The molecule has 0 aliphatic carbocycles. The van der Waals surface area contributed by atoms with Crippen LogP contribution in [0.1, 0.15) is 12.0 Å². The highest BCUT2D eigenvalue weighted by atomic mass is 35.5. The van der Waals surface area contributed by atoms with E-state index >= 15 is 0 Å². The van der Waals surface area contributed by atoms with Crippen molar-refractivity contribution in [2.75, 3.05) is 18.4 Å². The summed E-state index contributed by atoms with van der Waals surface area (Å²) in [7, 11) is -2.32. The molecule has 1 aromatic rings. The number of esters is 1. The van der Waals surface area contributed by atoms with Gasteiger partial charge in [0, 0.05) is 17.3 Å². The number of carbonyl (C=O) groups excluding carboxylic acids is 1. The summed E-state index contributed by atoms with van der Waals surface area (Å²) in [6.45, 7) is 2.04. The Morgan fingerprint density at radius 3 is 2.81 bits per heavy atom. The number of hydrogen-bond donors (Lipinski definition) is 2. The molecule has 21 heavy (non-hydrogen) atoms. The van der Waals surface area contributed by atoms with E-state index in [1.807, 2.05) is 6.92 Å². The van der Waals surface area contributed by atoms with Crippen molar-refractivity contribution >= 4 is 33.3 Å². The summed E-state index contributed by atoms with van der Waals surface area (Å²) in [6, 6.07) is 4.37. The molecular weight excluding hydrogens is 316 g/mol. The fraction of sp³-hybridized carbons (Fsp3) is 0.462. The van der Waals surface area contributed by atoms with Crippen LogP contribution < -0.4 is 10.0 Å². The monoisotopic (exact) mass is 332 g/mol. The number of anilines is 1. The molecular formula is C13H17ClN2O4S. The molecule has 116 valence electrons. The van der Waals surface area contributed by atoms with Crippen molar-refractivity contribution in [1.82, 2.24) is 5.32 Å². The van der Waals surface area contributed by atoms with Gasteiger partial charge in [0.1, 0.15) is 6.04 Å². The zero-order valence-corrected chi connectivity index (χ0v) is 13.3. The third-order valence-electron chi connectivity index (χ3n) is 3.45.